The summed E-state index contributed by atoms with van der Waals surface area (Å²) in [5, 5.41) is 12.2. The Labute approximate surface area is 162 Å². The number of nitrogen functional groups attached to an aromatic ring is 1. The molecule has 3 atom stereocenters. The van der Waals surface area contributed by atoms with Crippen LogP contribution in [0.1, 0.15) is 23.7 Å². The summed E-state index contributed by atoms with van der Waals surface area (Å²) in [5.74, 6) is -1.52. The molecule has 9 nitrogen and oxygen atoms in total. The number of piperidine rings is 1. The summed E-state index contributed by atoms with van der Waals surface area (Å²) >= 11 is 5.98. The molecule has 1 fully saturated rings. The molecule has 2 rings (SSSR count). The van der Waals surface area contributed by atoms with E-state index in [1.165, 1.54) is 13.2 Å². The number of rotatable bonds is 7. The number of likely N-dealkylation sites (tertiary alicyclic amines) is 1. The number of halogens is 1. The van der Waals surface area contributed by atoms with E-state index in [9.17, 15) is 9.59 Å². The molecule has 1 unspecified atom stereocenters. The van der Waals surface area contributed by atoms with E-state index >= 15 is 0 Å². The average molecular weight is 401 g/mol. The zero-order chi connectivity index (χ0) is 20.1. The first-order chi connectivity index (χ1) is 12.8. The summed E-state index contributed by atoms with van der Waals surface area (Å²) in [6.45, 7) is 3.28. The van der Waals surface area contributed by atoms with Gasteiger partial charge in [-0.05, 0) is 12.5 Å². The Balaban J connectivity index is 2.06. The molecule has 1 aromatic heterocycles. The highest BCUT2D eigenvalue weighted by molar-refractivity contribution is 6.33. The van der Waals surface area contributed by atoms with Crippen LogP contribution in [0.2, 0.25) is 5.02 Å². The minimum Gasteiger partial charge on any atom is -0.481 e. The Morgan fingerprint density at radius 3 is 2.81 bits per heavy atom. The monoisotopic (exact) mass is 400 g/mol. The third-order valence-corrected chi connectivity index (χ3v) is 4.92. The fourth-order valence-electron chi connectivity index (χ4n) is 3.07. The van der Waals surface area contributed by atoms with Gasteiger partial charge >= 0.3 is 5.97 Å². The second kappa shape index (κ2) is 9.20. The van der Waals surface area contributed by atoms with Crippen LogP contribution in [0, 0.1) is 5.92 Å². The maximum atomic E-state index is 12.7. The number of aromatic nitrogens is 1. The van der Waals surface area contributed by atoms with Gasteiger partial charge in [-0.2, -0.15) is 4.98 Å². The first-order valence-corrected chi connectivity index (χ1v) is 8.93. The van der Waals surface area contributed by atoms with Crippen LogP contribution in [0.25, 0.3) is 0 Å². The number of aliphatic carboxylic acids is 1. The molecule has 27 heavy (non-hydrogen) atoms. The van der Waals surface area contributed by atoms with E-state index in [1.807, 2.05) is 4.90 Å². The van der Waals surface area contributed by atoms with Gasteiger partial charge < -0.3 is 25.6 Å². The van der Waals surface area contributed by atoms with Gasteiger partial charge in [0.2, 0.25) is 5.88 Å². The van der Waals surface area contributed by atoms with Gasteiger partial charge in [0.15, 0.2) is 0 Å². The zero-order valence-electron chi connectivity index (χ0n) is 15.6. The molecular formula is C17H25ClN4O5. The fourth-order valence-corrected chi connectivity index (χ4v) is 3.22. The van der Waals surface area contributed by atoms with Crippen LogP contribution in [0.15, 0.2) is 6.07 Å². The van der Waals surface area contributed by atoms with Gasteiger partial charge in [-0.3, -0.25) is 14.5 Å². The smallest absolute Gasteiger partial charge is 0.307 e. The van der Waals surface area contributed by atoms with Crippen LogP contribution in [-0.2, 0) is 9.53 Å². The normalized spacial score (nSPS) is 21.5. The Morgan fingerprint density at radius 1 is 1.52 bits per heavy atom. The standard InChI is InChI=1S/C17H25ClN4O5/c1-9(17(24)25)7-22-5-4-12(13(8-22)26-2)20-15(23)10-6-11(18)14(19)21-16(10)27-3/h6,9,12-13H,4-5,7-8H2,1-3H3,(H2,19,21)(H,20,23)(H,24,25)/t9?,12-,13+/m0/s1. The highest BCUT2D eigenvalue weighted by atomic mass is 35.5. The summed E-state index contributed by atoms with van der Waals surface area (Å²) in [6.07, 6.45) is 0.349. The van der Waals surface area contributed by atoms with Gasteiger partial charge in [0.05, 0.1) is 30.2 Å². The lowest BCUT2D eigenvalue weighted by Crippen LogP contribution is -2.55. The number of pyridine rings is 1. The number of amides is 1. The minimum atomic E-state index is -0.834. The van der Waals surface area contributed by atoms with Crippen molar-refractivity contribution < 1.29 is 24.2 Å². The Morgan fingerprint density at radius 2 is 2.22 bits per heavy atom. The molecule has 0 aromatic carbocycles. The van der Waals surface area contributed by atoms with Crippen LogP contribution < -0.4 is 15.8 Å². The topological polar surface area (TPSA) is 127 Å². The van der Waals surface area contributed by atoms with Crippen molar-refractivity contribution in [2.45, 2.75) is 25.5 Å². The summed E-state index contributed by atoms with van der Waals surface area (Å²) in [4.78, 5) is 29.7. The van der Waals surface area contributed by atoms with E-state index < -0.39 is 11.9 Å². The average Bonchev–Trinajstić information content (AvgIpc) is 2.64. The van der Waals surface area contributed by atoms with Gasteiger partial charge in [0.1, 0.15) is 11.4 Å². The molecular weight excluding hydrogens is 376 g/mol. The Bertz CT molecular complexity index is 702. The number of ether oxygens (including phenoxy) is 2. The van der Waals surface area contributed by atoms with Crippen LogP contribution >= 0.6 is 11.6 Å². The molecule has 4 N–H and O–H groups in total. The lowest BCUT2D eigenvalue weighted by Gasteiger charge is -2.38. The number of hydrogen-bond donors (Lipinski definition) is 3. The van der Waals surface area contributed by atoms with Gasteiger partial charge in [0, 0.05) is 26.7 Å². The lowest BCUT2D eigenvalue weighted by molar-refractivity contribution is -0.142. The molecule has 150 valence electrons. The third-order valence-electron chi connectivity index (χ3n) is 4.62. The summed E-state index contributed by atoms with van der Waals surface area (Å²) in [6, 6.07) is 1.18. The van der Waals surface area contributed by atoms with E-state index in [0.29, 0.717) is 26.1 Å². The molecule has 0 radical (unpaired) electrons. The van der Waals surface area contributed by atoms with Gasteiger partial charge in [-0.1, -0.05) is 18.5 Å². The zero-order valence-corrected chi connectivity index (χ0v) is 16.3. The second-order valence-electron chi connectivity index (χ2n) is 6.55. The molecule has 1 aliphatic rings. The quantitative estimate of drug-likeness (QED) is 0.615. The number of nitrogens with zero attached hydrogens (tertiary/aromatic N) is 2. The highest BCUT2D eigenvalue weighted by Gasteiger charge is 2.32. The number of anilines is 1. The van der Waals surface area contributed by atoms with E-state index in [2.05, 4.69) is 10.3 Å². The first kappa shape index (κ1) is 21.2. The predicted molar refractivity (Wildman–Crippen MR) is 100 cm³/mol. The number of carbonyl (C=O) groups is 2. The molecule has 0 spiro atoms. The van der Waals surface area contributed by atoms with E-state index in [4.69, 9.17) is 31.9 Å². The SMILES string of the molecule is COc1nc(N)c(Cl)cc1C(=O)N[C@H]1CCN(CC(C)C(=O)O)C[C@H]1OC. The fraction of sp³-hybridized carbons (Fsp3) is 0.588. The largest absolute Gasteiger partial charge is 0.481 e. The molecule has 1 amide bonds. The van der Waals surface area contributed by atoms with Crippen LogP contribution in [0.4, 0.5) is 5.82 Å². The number of carboxylic acids is 1. The molecule has 0 bridgehead atoms. The van der Waals surface area contributed by atoms with E-state index in [1.54, 1.807) is 14.0 Å². The predicted octanol–water partition coefficient (Wildman–Crippen LogP) is 0.866. The molecule has 2 heterocycles. The van der Waals surface area contributed by atoms with Gasteiger partial charge in [0.25, 0.3) is 5.91 Å². The van der Waals surface area contributed by atoms with E-state index in [-0.39, 0.29) is 40.3 Å². The van der Waals surface area contributed by atoms with Gasteiger partial charge in [-0.15, -0.1) is 0 Å². The lowest BCUT2D eigenvalue weighted by atomic mass is 9.99. The molecule has 0 aliphatic carbocycles. The number of hydrogen-bond acceptors (Lipinski definition) is 7. The number of nitrogens with two attached hydrogens (primary N) is 1. The van der Waals surface area contributed by atoms with Crippen molar-refractivity contribution in [2.24, 2.45) is 5.92 Å². The van der Waals surface area contributed by atoms with E-state index in [0.717, 1.165) is 0 Å². The van der Waals surface area contributed by atoms with Crippen molar-refractivity contribution in [1.82, 2.24) is 15.2 Å². The first-order valence-electron chi connectivity index (χ1n) is 8.55. The van der Waals surface area contributed by atoms with Crippen molar-refractivity contribution in [3.05, 3.63) is 16.7 Å². The number of carbonyl (C=O) groups excluding carboxylic acids is 1. The second-order valence-corrected chi connectivity index (χ2v) is 6.96. The summed E-state index contributed by atoms with van der Waals surface area (Å²) < 4.78 is 10.6. The van der Waals surface area contributed by atoms with Crippen molar-refractivity contribution in [1.29, 1.82) is 0 Å². The van der Waals surface area contributed by atoms with Crippen molar-refractivity contribution in [3.8, 4) is 5.88 Å². The van der Waals surface area contributed by atoms with Crippen molar-refractivity contribution in [3.63, 3.8) is 0 Å². The third kappa shape index (κ3) is 5.21. The number of nitrogens with one attached hydrogen (secondary N) is 1. The molecule has 0 saturated carbocycles. The molecule has 1 saturated heterocycles. The van der Waals surface area contributed by atoms with Crippen LogP contribution in [-0.4, -0.2) is 72.9 Å². The molecule has 1 aromatic rings. The Hall–Kier alpha value is -2.10. The molecule has 1 aliphatic heterocycles. The van der Waals surface area contributed by atoms with Gasteiger partial charge in [-0.25, -0.2) is 0 Å². The maximum absolute atomic E-state index is 12.7. The van der Waals surface area contributed by atoms with Crippen molar-refractivity contribution in [2.75, 3.05) is 39.6 Å². The molecule has 10 heteroatoms. The maximum Gasteiger partial charge on any atom is 0.307 e. The number of methoxy groups -OCH3 is 2. The Kier molecular flexibility index (Phi) is 7.23. The van der Waals surface area contributed by atoms with Crippen LogP contribution in [0.5, 0.6) is 5.88 Å². The highest BCUT2D eigenvalue weighted by Crippen LogP contribution is 2.25. The summed E-state index contributed by atoms with van der Waals surface area (Å²) in [7, 11) is 2.96. The number of carboxylic acid groups (broad SMARTS) is 1. The van der Waals surface area contributed by atoms with Crippen molar-refractivity contribution >= 4 is 29.3 Å². The summed E-state index contributed by atoms with van der Waals surface area (Å²) in [5.41, 5.74) is 5.84. The van der Waals surface area contributed by atoms with Crippen LogP contribution in [0.3, 0.4) is 0 Å². The minimum absolute atomic E-state index is 0.0840.